The lowest BCUT2D eigenvalue weighted by atomic mass is 9.94. The molecule has 5 heteroatoms. The number of aromatic nitrogens is 2. The molecule has 0 fully saturated rings. The first-order chi connectivity index (χ1) is 24.2. The van der Waals surface area contributed by atoms with E-state index in [-0.39, 0.29) is 0 Å². The highest BCUT2D eigenvalue weighted by Gasteiger charge is 2.19. The van der Waals surface area contributed by atoms with Crippen molar-refractivity contribution in [2.24, 2.45) is 0 Å². The molecule has 10 aromatic rings. The molecule has 4 nitrogen and oxygen atoms in total. The number of hydrogen-bond acceptors (Lipinski definition) is 3. The summed E-state index contributed by atoms with van der Waals surface area (Å²) >= 11 is 1.82. The van der Waals surface area contributed by atoms with Gasteiger partial charge in [-0.25, -0.2) is 0 Å². The molecule has 0 saturated carbocycles. The Morgan fingerprint density at radius 2 is 0.918 bits per heavy atom. The standard InChI is InChI=1S/C44H24N4S/c45-25-28-21-31(48-38-13-5-1-9-32(38)33-10-2-6-14-39(33)48)22-29(26-46)44(28)27-17-19-30(20-18-27)47-40-15-7-3-11-34(40)36-23-37-35-12-4-8-16-42(35)49-43(37)24-41(36)47/h1-24H. The van der Waals surface area contributed by atoms with Crippen LogP contribution in [0.3, 0.4) is 0 Å². The number of para-hydroxylation sites is 3. The summed E-state index contributed by atoms with van der Waals surface area (Å²) in [5.41, 5.74) is 8.59. The zero-order valence-corrected chi connectivity index (χ0v) is 26.9. The number of nitriles is 2. The Kier molecular flexibility index (Phi) is 5.84. The van der Waals surface area contributed by atoms with Gasteiger partial charge in [0.25, 0.3) is 0 Å². The lowest BCUT2D eigenvalue weighted by molar-refractivity contribution is 1.17. The van der Waals surface area contributed by atoms with E-state index < -0.39 is 0 Å². The second-order valence-electron chi connectivity index (χ2n) is 12.4. The van der Waals surface area contributed by atoms with Crippen molar-refractivity contribution in [1.82, 2.24) is 9.13 Å². The van der Waals surface area contributed by atoms with E-state index in [1.165, 1.54) is 30.9 Å². The molecule has 0 aliphatic rings. The molecule has 3 heterocycles. The Labute approximate surface area is 285 Å². The zero-order chi connectivity index (χ0) is 32.6. The summed E-state index contributed by atoms with van der Waals surface area (Å²) in [5.74, 6) is 0. The van der Waals surface area contributed by atoms with Gasteiger partial charge in [-0.15, -0.1) is 11.3 Å². The van der Waals surface area contributed by atoms with Crippen LogP contribution in [-0.2, 0) is 0 Å². The fourth-order valence-electron chi connectivity index (χ4n) is 7.69. The van der Waals surface area contributed by atoms with Crippen LogP contribution in [-0.4, -0.2) is 9.13 Å². The predicted molar refractivity (Wildman–Crippen MR) is 203 cm³/mol. The van der Waals surface area contributed by atoms with E-state index in [0.29, 0.717) is 16.7 Å². The minimum absolute atomic E-state index is 0.465. The van der Waals surface area contributed by atoms with Gasteiger partial charge in [-0.3, -0.25) is 0 Å². The van der Waals surface area contributed by atoms with Gasteiger partial charge in [0, 0.05) is 58.7 Å². The van der Waals surface area contributed by atoms with Crippen molar-refractivity contribution < 1.29 is 0 Å². The summed E-state index contributed by atoms with van der Waals surface area (Å²) in [6.07, 6.45) is 0. The molecule has 10 rings (SSSR count). The van der Waals surface area contributed by atoms with Crippen LogP contribution in [0.25, 0.3) is 86.3 Å². The van der Waals surface area contributed by atoms with Gasteiger partial charge in [0.2, 0.25) is 0 Å². The molecule has 0 saturated heterocycles. The number of fused-ring (bicyclic) bond motifs is 9. The summed E-state index contributed by atoms with van der Waals surface area (Å²) in [7, 11) is 0. The quantitative estimate of drug-likeness (QED) is 0.193. The maximum atomic E-state index is 10.5. The first-order valence-corrected chi connectivity index (χ1v) is 17.0. The molecule has 0 N–H and O–H groups in total. The molecule has 0 aliphatic heterocycles. The van der Waals surface area contributed by atoms with Gasteiger partial charge >= 0.3 is 0 Å². The van der Waals surface area contributed by atoms with E-state index in [4.69, 9.17) is 0 Å². The van der Waals surface area contributed by atoms with Crippen molar-refractivity contribution in [3.05, 3.63) is 157 Å². The molecule has 0 atom stereocenters. The number of rotatable bonds is 3. The Hall–Kier alpha value is -6.66. The summed E-state index contributed by atoms with van der Waals surface area (Å²) in [6.45, 7) is 0. The van der Waals surface area contributed by atoms with Crippen LogP contribution >= 0.6 is 11.3 Å². The topological polar surface area (TPSA) is 57.4 Å². The smallest absolute Gasteiger partial charge is 0.0999 e. The molecular formula is C44H24N4S. The molecule has 7 aromatic carbocycles. The van der Waals surface area contributed by atoms with Crippen molar-refractivity contribution in [2.45, 2.75) is 0 Å². The van der Waals surface area contributed by atoms with Crippen molar-refractivity contribution in [1.29, 1.82) is 10.5 Å². The lowest BCUT2D eigenvalue weighted by Crippen LogP contribution is -1.99. The predicted octanol–water partition coefficient (Wildman–Crippen LogP) is 11.7. The largest absolute Gasteiger partial charge is 0.309 e. The van der Waals surface area contributed by atoms with Crippen LogP contribution in [0.2, 0.25) is 0 Å². The lowest BCUT2D eigenvalue weighted by Gasteiger charge is -2.14. The fourth-order valence-corrected chi connectivity index (χ4v) is 8.81. The van der Waals surface area contributed by atoms with E-state index >= 15 is 0 Å². The van der Waals surface area contributed by atoms with Crippen molar-refractivity contribution in [3.63, 3.8) is 0 Å². The van der Waals surface area contributed by atoms with Crippen LogP contribution in [0.15, 0.2) is 146 Å². The minimum atomic E-state index is 0.465. The first-order valence-electron chi connectivity index (χ1n) is 16.1. The highest BCUT2D eigenvalue weighted by molar-refractivity contribution is 7.25. The average molecular weight is 641 g/mol. The third-order valence-corrected chi connectivity index (χ3v) is 10.9. The van der Waals surface area contributed by atoms with E-state index in [9.17, 15) is 10.5 Å². The second-order valence-corrected chi connectivity index (χ2v) is 13.5. The molecule has 49 heavy (non-hydrogen) atoms. The molecule has 0 radical (unpaired) electrons. The third kappa shape index (κ3) is 3.95. The Morgan fingerprint density at radius 1 is 0.408 bits per heavy atom. The fraction of sp³-hybridized carbons (Fsp3) is 0. The SMILES string of the molecule is N#Cc1cc(-n2c3ccccc3c3ccccc32)cc(C#N)c1-c1ccc(-n2c3ccccc3c3cc4c(cc32)sc2ccccc24)cc1. The van der Waals surface area contributed by atoms with Crippen LogP contribution in [0.5, 0.6) is 0 Å². The van der Waals surface area contributed by atoms with E-state index in [2.05, 4.69) is 118 Å². The van der Waals surface area contributed by atoms with Crippen LogP contribution in [0.1, 0.15) is 11.1 Å². The van der Waals surface area contributed by atoms with Gasteiger partial charge in [-0.05, 0) is 66.2 Å². The van der Waals surface area contributed by atoms with Gasteiger partial charge in [0.05, 0.1) is 45.3 Å². The molecule has 0 aliphatic carbocycles. The molecule has 0 spiro atoms. The number of hydrogen-bond donors (Lipinski definition) is 0. The Bertz CT molecular complexity index is 2980. The van der Waals surface area contributed by atoms with Gasteiger partial charge < -0.3 is 9.13 Å². The third-order valence-electron chi connectivity index (χ3n) is 9.79. The van der Waals surface area contributed by atoms with E-state index in [1.54, 1.807) is 0 Å². The van der Waals surface area contributed by atoms with Gasteiger partial charge in [0.15, 0.2) is 0 Å². The summed E-state index contributed by atoms with van der Waals surface area (Å²) in [5, 5.41) is 28.2. The normalized spacial score (nSPS) is 11.6. The van der Waals surface area contributed by atoms with Crippen molar-refractivity contribution in [3.8, 4) is 34.6 Å². The van der Waals surface area contributed by atoms with Crippen LogP contribution < -0.4 is 0 Å². The Balaban J connectivity index is 1.14. The van der Waals surface area contributed by atoms with Crippen LogP contribution in [0.4, 0.5) is 0 Å². The second kappa shape index (κ2) is 10.4. The molecule has 3 aromatic heterocycles. The van der Waals surface area contributed by atoms with Crippen LogP contribution in [0, 0.1) is 22.7 Å². The highest BCUT2D eigenvalue weighted by Crippen LogP contribution is 2.41. The van der Waals surface area contributed by atoms with Gasteiger partial charge in [-0.2, -0.15) is 10.5 Å². The maximum absolute atomic E-state index is 10.5. The minimum Gasteiger partial charge on any atom is -0.309 e. The van der Waals surface area contributed by atoms with Gasteiger partial charge in [-0.1, -0.05) is 84.9 Å². The summed E-state index contributed by atoms with van der Waals surface area (Å²) < 4.78 is 7.01. The molecule has 226 valence electrons. The first kappa shape index (κ1) is 27.5. The van der Waals surface area contributed by atoms with Crippen molar-refractivity contribution >= 4 is 75.1 Å². The number of thiophene rings is 1. The number of benzene rings is 7. The molecular weight excluding hydrogens is 617 g/mol. The van der Waals surface area contributed by atoms with E-state index in [1.807, 2.05) is 59.9 Å². The maximum Gasteiger partial charge on any atom is 0.0999 e. The highest BCUT2D eigenvalue weighted by atomic mass is 32.1. The summed E-state index contributed by atoms with van der Waals surface area (Å²) in [6, 6.07) is 55.2. The number of nitrogens with zero attached hydrogens (tertiary/aromatic N) is 4. The summed E-state index contributed by atoms with van der Waals surface area (Å²) in [4.78, 5) is 0. The monoisotopic (exact) mass is 640 g/mol. The van der Waals surface area contributed by atoms with Gasteiger partial charge in [0.1, 0.15) is 0 Å². The molecule has 0 unspecified atom stereocenters. The Morgan fingerprint density at radius 3 is 1.51 bits per heavy atom. The van der Waals surface area contributed by atoms with E-state index in [0.717, 1.165) is 49.8 Å². The van der Waals surface area contributed by atoms with Crippen molar-refractivity contribution in [2.75, 3.05) is 0 Å². The zero-order valence-electron chi connectivity index (χ0n) is 26.1. The molecule has 0 amide bonds. The molecule has 0 bridgehead atoms. The average Bonchev–Trinajstić information content (AvgIpc) is 3.80.